The second-order valence-corrected chi connectivity index (χ2v) is 5.96. The second kappa shape index (κ2) is 6.18. The van der Waals surface area contributed by atoms with Crippen molar-refractivity contribution in [3.05, 3.63) is 42.2 Å². The smallest absolute Gasteiger partial charge is 0.260 e. The molecule has 1 aromatic heterocycles. The van der Waals surface area contributed by atoms with Gasteiger partial charge in [0.1, 0.15) is 0 Å². The summed E-state index contributed by atoms with van der Waals surface area (Å²) in [7, 11) is 0. The average molecular weight is 299 g/mol. The van der Waals surface area contributed by atoms with Gasteiger partial charge in [0, 0.05) is 5.69 Å². The van der Waals surface area contributed by atoms with Gasteiger partial charge in [-0.05, 0) is 35.1 Å². The summed E-state index contributed by atoms with van der Waals surface area (Å²) in [6.45, 7) is 2.16. The number of nitrogens with zero attached hydrogens (tertiary/aromatic N) is 2. The molecule has 0 amide bonds. The fourth-order valence-corrected chi connectivity index (χ4v) is 2.91. The molecule has 108 valence electrons. The van der Waals surface area contributed by atoms with E-state index in [1.807, 2.05) is 36.4 Å². The molecule has 0 saturated carbocycles. The van der Waals surface area contributed by atoms with Gasteiger partial charge in [-0.25, -0.2) is 0 Å². The van der Waals surface area contributed by atoms with Gasteiger partial charge in [-0.15, -0.1) is 0 Å². The first-order chi connectivity index (χ1) is 10.3. The van der Waals surface area contributed by atoms with Crippen LogP contribution in [-0.2, 0) is 5.75 Å². The van der Waals surface area contributed by atoms with Crippen LogP contribution in [-0.4, -0.2) is 15.9 Å². The molecule has 3 rings (SSSR count). The Morgan fingerprint density at radius 2 is 1.95 bits per heavy atom. The predicted octanol–water partition coefficient (Wildman–Crippen LogP) is 4.12. The van der Waals surface area contributed by atoms with E-state index in [0.29, 0.717) is 11.6 Å². The van der Waals surface area contributed by atoms with E-state index < -0.39 is 0 Å². The fraction of sp³-hybridized carbons (Fsp3) is 0.250. The summed E-state index contributed by atoms with van der Waals surface area (Å²) in [5, 5.41) is 6.24. The third-order valence-electron chi connectivity index (χ3n) is 3.20. The Morgan fingerprint density at radius 3 is 2.71 bits per heavy atom. The Morgan fingerprint density at radius 1 is 1.19 bits per heavy atom. The van der Waals surface area contributed by atoms with Gasteiger partial charge in [0.25, 0.3) is 5.89 Å². The summed E-state index contributed by atoms with van der Waals surface area (Å²) in [5.74, 6) is 3.08. The number of fused-ring (bicyclic) bond motifs is 1. The van der Waals surface area contributed by atoms with E-state index in [1.54, 1.807) is 11.8 Å². The number of aromatic nitrogens is 2. The Labute approximate surface area is 127 Å². The SMILES string of the molecule is CCCSCc1noc(-c2cc3ccccc3cc2N)n1. The van der Waals surface area contributed by atoms with E-state index in [4.69, 9.17) is 10.3 Å². The monoisotopic (exact) mass is 299 g/mol. The molecular formula is C16H17N3OS. The number of anilines is 1. The van der Waals surface area contributed by atoms with Crippen LogP contribution in [0.3, 0.4) is 0 Å². The van der Waals surface area contributed by atoms with Crippen LogP contribution in [0.15, 0.2) is 40.9 Å². The Kier molecular flexibility index (Phi) is 4.10. The number of rotatable bonds is 5. The predicted molar refractivity (Wildman–Crippen MR) is 88.1 cm³/mol. The van der Waals surface area contributed by atoms with Crippen molar-refractivity contribution in [2.75, 3.05) is 11.5 Å². The third kappa shape index (κ3) is 3.03. The van der Waals surface area contributed by atoms with Crippen molar-refractivity contribution in [2.45, 2.75) is 19.1 Å². The molecule has 0 unspecified atom stereocenters. The van der Waals surface area contributed by atoms with Gasteiger partial charge in [-0.3, -0.25) is 0 Å². The van der Waals surface area contributed by atoms with Crippen molar-refractivity contribution >= 4 is 28.2 Å². The largest absolute Gasteiger partial charge is 0.398 e. The molecular weight excluding hydrogens is 282 g/mol. The lowest BCUT2D eigenvalue weighted by molar-refractivity contribution is 0.425. The zero-order valence-corrected chi connectivity index (χ0v) is 12.7. The molecule has 21 heavy (non-hydrogen) atoms. The molecule has 0 radical (unpaired) electrons. The average Bonchev–Trinajstić information content (AvgIpc) is 2.95. The zero-order valence-electron chi connectivity index (χ0n) is 11.9. The summed E-state index contributed by atoms with van der Waals surface area (Å²) in [4.78, 5) is 4.44. The van der Waals surface area contributed by atoms with Crippen molar-refractivity contribution in [1.82, 2.24) is 10.1 Å². The van der Waals surface area contributed by atoms with Crippen LogP contribution in [0.5, 0.6) is 0 Å². The van der Waals surface area contributed by atoms with Crippen LogP contribution in [0.1, 0.15) is 19.2 Å². The fourth-order valence-electron chi connectivity index (χ4n) is 2.17. The van der Waals surface area contributed by atoms with E-state index in [0.717, 1.165) is 40.1 Å². The third-order valence-corrected chi connectivity index (χ3v) is 4.36. The highest BCUT2D eigenvalue weighted by molar-refractivity contribution is 7.98. The molecule has 5 heteroatoms. The lowest BCUT2D eigenvalue weighted by Gasteiger charge is -2.04. The molecule has 4 nitrogen and oxygen atoms in total. The van der Waals surface area contributed by atoms with Crippen LogP contribution in [0.25, 0.3) is 22.2 Å². The normalized spacial score (nSPS) is 11.1. The maximum Gasteiger partial charge on any atom is 0.260 e. The van der Waals surface area contributed by atoms with E-state index in [9.17, 15) is 0 Å². The van der Waals surface area contributed by atoms with Gasteiger partial charge in [0.2, 0.25) is 0 Å². The lowest BCUT2D eigenvalue weighted by atomic mass is 10.1. The maximum absolute atomic E-state index is 6.12. The molecule has 3 aromatic rings. The van der Waals surface area contributed by atoms with E-state index >= 15 is 0 Å². The second-order valence-electron chi connectivity index (χ2n) is 4.85. The van der Waals surface area contributed by atoms with Gasteiger partial charge < -0.3 is 10.3 Å². The number of thioether (sulfide) groups is 1. The zero-order chi connectivity index (χ0) is 14.7. The van der Waals surface area contributed by atoms with Crippen LogP contribution < -0.4 is 5.73 Å². The summed E-state index contributed by atoms with van der Waals surface area (Å²) in [5.41, 5.74) is 7.57. The number of hydrogen-bond donors (Lipinski definition) is 1. The van der Waals surface area contributed by atoms with Gasteiger partial charge in [0.05, 0.1) is 11.3 Å². The number of nitrogens with two attached hydrogens (primary N) is 1. The highest BCUT2D eigenvalue weighted by Crippen LogP contribution is 2.29. The summed E-state index contributed by atoms with van der Waals surface area (Å²) in [6, 6.07) is 12.0. The minimum absolute atomic E-state index is 0.491. The highest BCUT2D eigenvalue weighted by Gasteiger charge is 2.12. The summed E-state index contributed by atoms with van der Waals surface area (Å²) < 4.78 is 5.36. The Hall–Kier alpha value is -2.01. The van der Waals surface area contributed by atoms with Crippen LogP contribution in [0.4, 0.5) is 5.69 Å². The van der Waals surface area contributed by atoms with Crippen LogP contribution in [0, 0.1) is 0 Å². The van der Waals surface area contributed by atoms with Gasteiger partial charge >= 0.3 is 0 Å². The van der Waals surface area contributed by atoms with Crippen LogP contribution >= 0.6 is 11.8 Å². The minimum Gasteiger partial charge on any atom is -0.398 e. The molecule has 0 atom stereocenters. The first kappa shape index (κ1) is 13.9. The molecule has 0 aliphatic heterocycles. The van der Waals surface area contributed by atoms with E-state index in [2.05, 4.69) is 17.1 Å². The topological polar surface area (TPSA) is 64.9 Å². The van der Waals surface area contributed by atoms with Crippen molar-refractivity contribution < 1.29 is 4.52 Å². The maximum atomic E-state index is 6.12. The summed E-state index contributed by atoms with van der Waals surface area (Å²) >= 11 is 1.81. The standard InChI is InChI=1S/C16H17N3OS/c1-2-7-21-10-15-18-16(20-19-15)13-8-11-5-3-4-6-12(11)9-14(13)17/h3-6,8-9H,2,7,10,17H2,1H3. The van der Waals surface area contributed by atoms with Gasteiger partial charge in [-0.1, -0.05) is 36.3 Å². The quantitative estimate of drug-likeness (QED) is 0.567. The van der Waals surface area contributed by atoms with Crippen molar-refractivity contribution in [3.63, 3.8) is 0 Å². The molecule has 2 N–H and O–H groups in total. The number of hydrogen-bond acceptors (Lipinski definition) is 5. The molecule has 0 saturated heterocycles. The number of nitrogen functional groups attached to an aromatic ring is 1. The Bertz CT molecular complexity index is 754. The van der Waals surface area contributed by atoms with Crippen LogP contribution in [0.2, 0.25) is 0 Å². The van der Waals surface area contributed by atoms with Crippen molar-refractivity contribution in [3.8, 4) is 11.5 Å². The molecule has 2 aromatic carbocycles. The van der Waals surface area contributed by atoms with Crippen molar-refractivity contribution in [1.29, 1.82) is 0 Å². The molecule has 0 bridgehead atoms. The van der Waals surface area contributed by atoms with Crippen molar-refractivity contribution in [2.24, 2.45) is 0 Å². The van der Waals surface area contributed by atoms with E-state index in [1.165, 1.54) is 0 Å². The minimum atomic E-state index is 0.491. The summed E-state index contributed by atoms with van der Waals surface area (Å²) in [6.07, 6.45) is 1.15. The first-order valence-electron chi connectivity index (χ1n) is 6.97. The number of benzene rings is 2. The van der Waals surface area contributed by atoms with Gasteiger partial charge in [0.15, 0.2) is 5.82 Å². The molecule has 0 spiro atoms. The first-order valence-corrected chi connectivity index (χ1v) is 8.12. The van der Waals surface area contributed by atoms with E-state index in [-0.39, 0.29) is 0 Å². The Balaban J connectivity index is 1.91. The highest BCUT2D eigenvalue weighted by atomic mass is 32.2. The lowest BCUT2D eigenvalue weighted by Crippen LogP contribution is -1.91. The molecule has 0 aliphatic rings. The molecule has 0 aliphatic carbocycles. The molecule has 1 heterocycles. The molecule has 0 fully saturated rings. The van der Waals surface area contributed by atoms with Gasteiger partial charge in [-0.2, -0.15) is 16.7 Å².